The highest BCUT2D eigenvalue weighted by Gasteiger charge is 2.33. The molecule has 3 nitrogen and oxygen atoms in total. The molecule has 2 N–H and O–H groups in total. The lowest BCUT2D eigenvalue weighted by Crippen LogP contribution is -2.41. The highest BCUT2D eigenvalue weighted by molar-refractivity contribution is 5.81. The Morgan fingerprint density at radius 3 is 2.47 bits per heavy atom. The van der Waals surface area contributed by atoms with Crippen LogP contribution in [0.3, 0.4) is 0 Å². The summed E-state index contributed by atoms with van der Waals surface area (Å²) in [7, 11) is 0. The van der Waals surface area contributed by atoms with Gasteiger partial charge in [0.2, 0.25) is 5.91 Å². The molecule has 0 aromatic heterocycles. The third-order valence-electron chi connectivity index (χ3n) is 3.68. The summed E-state index contributed by atoms with van der Waals surface area (Å²) in [5, 5.41) is 12.1. The van der Waals surface area contributed by atoms with E-state index in [1.165, 1.54) is 25.7 Å². The fourth-order valence-corrected chi connectivity index (χ4v) is 2.57. The van der Waals surface area contributed by atoms with Crippen LogP contribution >= 0.6 is 0 Å². The largest absolute Gasteiger partial charge is 0.396 e. The molecule has 0 spiro atoms. The number of carbonyl (C=O) groups excluding carboxylic acids is 1. The number of amides is 1. The van der Waals surface area contributed by atoms with Crippen molar-refractivity contribution in [1.29, 1.82) is 0 Å². The summed E-state index contributed by atoms with van der Waals surface area (Å²) in [6.07, 6.45) is 7.84. The SMILES string of the molecule is O=C(NC(CCO)C1CCCC1)C1CC1. The molecule has 3 heteroatoms. The molecule has 2 rings (SSSR count). The van der Waals surface area contributed by atoms with E-state index in [1.807, 2.05) is 0 Å². The average Bonchev–Trinajstić information content (AvgIpc) is 2.94. The van der Waals surface area contributed by atoms with Gasteiger partial charge in [-0.1, -0.05) is 12.8 Å². The second kappa shape index (κ2) is 4.97. The molecule has 2 aliphatic rings. The van der Waals surface area contributed by atoms with Gasteiger partial charge in [0, 0.05) is 18.6 Å². The molecular weight excluding hydrogens is 190 g/mol. The fourth-order valence-electron chi connectivity index (χ4n) is 2.57. The number of hydrogen-bond donors (Lipinski definition) is 2. The maximum absolute atomic E-state index is 11.7. The van der Waals surface area contributed by atoms with Gasteiger partial charge in [-0.15, -0.1) is 0 Å². The number of carbonyl (C=O) groups is 1. The molecule has 86 valence electrons. The Bertz CT molecular complexity index is 220. The minimum atomic E-state index is 0.187. The van der Waals surface area contributed by atoms with Crippen LogP contribution in [0, 0.1) is 11.8 Å². The molecule has 1 unspecified atom stereocenters. The molecule has 15 heavy (non-hydrogen) atoms. The van der Waals surface area contributed by atoms with E-state index in [1.54, 1.807) is 0 Å². The first-order valence-corrected chi connectivity index (χ1v) is 6.22. The first-order chi connectivity index (χ1) is 7.31. The van der Waals surface area contributed by atoms with Crippen molar-refractivity contribution >= 4 is 5.91 Å². The molecule has 0 radical (unpaired) electrons. The van der Waals surface area contributed by atoms with Gasteiger partial charge in [0.25, 0.3) is 0 Å². The van der Waals surface area contributed by atoms with Gasteiger partial charge in [0.15, 0.2) is 0 Å². The highest BCUT2D eigenvalue weighted by atomic mass is 16.3. The van der Waals surface area contributed by atoms with Crippen molar-refractivity contribution in [2.75, 3.05) is 6.61 Å². The Labute approximate surface area is 91.2 Å². The number of nitrogens with one attached hydrogen (secondary N) is 1. The lowest BCUT2D eigenvalue weighted by atomic mass is 9.95. The standard InChI is InChI=1S/C12H21NO2/c14-8-7-11(9-3-1-2-4-9)13-12(15)10-5-6-10/h9-11,14H,1-8H2,(H,13,15). The van der Waals surface area contributed by atoms with Gasteiger partial charge >= 0.3 is 0 Å². The quantitative estimate of drug-likeness (QED) is 0.723. The van der Waals surface area contributed by atoms with Crippen LogP contribution in [-0.2, 0) is 4.79 Å². The molecule has 0 bridgehead atoms. The number of rotatable bonds is 5. The summed E-state index contributed by atoms with van der Waals surface area (Å²) in [6.45, 7) is 0.187. The molecule has 0 aromatic rings. The van der Waals surface area contributed by atoms with Gasteiger partial charge in [-0.2, -0.15) is 0 Å². The summed E-state index contributed by atoms with van der Waals surface area (Å²) in [5.74, 6) is 1.12. The molecule has 1 atom stereocenters. The second-order valence-corrected chi connectivity index (χ2v) is 4.95. The third-order valence-corrected chi connectivity index (χ3v) is 3.68. The van der Waals surface area contributed by atoms with Crippen LogP contribution in [0.25, 0.3) is 0 Å². The summed E-state index contributed by atoms with van der Waals surface area (Å²) in [4.78, 5) is 11.7. The summed E-state index contributed by atoms with van der Waals surface area (Å²) < 4.78 is 0. The molecule has 0 aliphatic heterocycles. The van der Waals surface area contributed by atoms with E-state index in [2.05, 4.69) is 5.32 Å². The molecule has 2 saturated carbocycles. The molecule has 0 saturated heterocycles. The van der Waals surface area contributed by atoms with Gasteiger partial charge in [-0.3, -0.25) is 4.79 Å². The zero-order valence-electron chi connectivity index (χ0n) is 9.24. The Morgan fingerprint density at radius 2 is 1.93 bits per heavy atom. The zero-order chi connectivity index (χ0) is 10.7. The number of hydrogen-bond acceptors (Lipinski definition) is 2. The second-order valence-electron chi connectivity index (χ2n) is 4.95. The molecule has 0 aromatic carbocycles. The van der Waals surface area contributed by atoms with Gasteiger partial charge in [0.1, 0.15) is 0 Å². The van der Waals surface area contributed by atoms with Crippen molar-refractivity contribution in [3.63, 3.8) is 0 Å². The van der Waals surface area contributed by atoms with E-state index in [9.17, 15) is 4.79 Å². The summed E-state index contributed by atoms with van der Waals surface area (Å²) >= 11 is 0. The van der Waals surface area contributed by atoms with Crippen molar-refractivity contribution < 1.29 is 9.90 Å². The van der Waals surface area contributed by atoms with Crippen molar-refractivity contribution in [3.8, 4) is 0 Å². The van der Waals surface area contributed by atoms with Crippen LogP contribution in [0.15, 0.2) is 0 Å². The fraction of sp³-hybridized carbons (Fsp3) is 0.917. The molecular formula is C12H21NO2. The Hall–Kier alpha value is -0.570. The maximum atomic E-state index is 11.7. The minimum Gasteiger partial charge on any atom is -0.396 e. The average molecular weight is 211 g/mol. The van der Waals surface area contributed by atoms with E-state index in [0.717, 1.165) is 19.3 Å². The smallest absolute Gasteiger partial charge is 0.223 e. The Morgan fingerprint density at radius 1 is 1.27 bits per heavy atom. The van der Waals surface area contributed by atoms with Crippen LogP contribution in [0.4, 0.5) is 0 Å². The lowest BCUT2D eigenvalue weighted by molar-refractivity contribution is -0.123. The van der Waals surface area contributed by atoms with E-state index in [4.69, 9.17) is 5.11 Å². The number of aliphatic hydroxyl groups is 1. The van der Waals surface area contributed by atoms with Gasteiger partial charge in [-0.05, 0) is 38.0 Å². The van der Waals surface area contributed by atoms with Crippen molar-refractivity contribution in [2.45, 2.75) is 51.0 Å². The van der Waals surface area contributed by atoms with Crippen LogP contribution < -0.4 is 5.32 Å². The van der Waals surface area contributed by atoms with Crippen molar-refractivity contribution in [2.24, 2.45) is 11.8 Å². The summed E-state index contributed by atoms with van der Waals surface area (Å²) in [5.41, 5.74) is 0. The third kappa shape index (κ3) is 2.94. The van der Waals surface area contributed by atoms with Gasteiger partial charge in [0.05, 0.1) is 0 Å². The molecule has 2 aliphatic carbocycles. The monoisotopic (exact) mass is 211 g/mol. The molecule has 1 amide bonds. The van der Waals surface area contributed by atoms with Gasteiger partial charge < -0.3 is 10.4 Å². The highest BCUT2D eigenvalue weighted by Crippen LogP contribution is 2.32. The van der Waals surface area contributed by atoms with Crippen LogP contribution in [-0.4, -0.2) is 23.7 Å². The van der Waals surface area contributed by atoms with E-state index >= 15 is 0 Å². The number of aliphatic hydroxyl groups excluding tert-OH is 1. The van der Waals surface area contributed by atoms with E-state index in [0.29, 0.717) is 5.92 Å². The molecule has 0 heterocycles. The van der Waals surface area contributed by atoms with E-state index in [-0.39, 0.29) is 24.5 Å². The summed E-state index contributed by atoms with van der Waals surface area (Å²) in [6, 6.07) is 0.227. The van der Waals surface area contributed by atoms with Crippen LogP contribution in [0.5, 0.6) is 0 Å². The first kappa shape index (κ1) is 10.9. The maximum Gasteiger partial charge on any atom is 0.223 e. The van der Waals surface area contributed by atoms with Crippen LogP contribution in [0.1, 0.15) is 44.9 Å². The predicted molar refractivity (Wildman–Crippen MR) is 58.3 cm³/mol. The van der Waals surface area contributed by atoms with Gasteiger partial charge in [-0.25, -0.2) is 0 Å². The molecule has 2 fully saturated rings. The Kier molecular flexibility index (Phi) is 3.62. The zero-order valence-corrected chi connectivity index (χ0v) is 9.24. The lowest BCUT2D eigenvalue weighted by Gasteiger charge is -2.24. The predicted octanol–water partition coefficient (Wildman–Crippen LogP) is 1.45. The van der Waals surface area contributed by atoms with Crippen molar-refractivity contribution in [3.05, 3.63) is 0 Å². The first-order valence-electron chi connectivity index (χ1n) is 6.22. The minimum absolute atomic E-state index is 0.187. The van der Waals surface area contributed by atoms with Crippen molar-refractivity contribution in [1.82, 2.24) is 5.32 Å². The van der Waals surface area contributed by atoms with Crippen LogP contribution in [0.2, 0.25) is 0 Å². The Balaban J connectivity index is 1.83. The topological polar surface area (TPSA) is 49.3 Å². The van der Waals surface area contributed by atoms with E-state index < -0.39 is 0 Å². The normalized spacial score (nSPS) is 24.1.